The number of rotatable bonds is 5. The Bertz CT molecular complexity index is 1130. The van der Waals surface area contributed by atoms with E-state index in [9.17, 15) is 25.0 Å². The molecule has 9 nitrogen and oxygen atoms in total. The zero-order valence-corrected chi connectivity index (χ0v) is 15.1. The molecule has 0 aliphatic rings. The van der Waals surface area contributed by atoms with E-state index in [1.165, 1.54) is 31.4 Å². The van der Waals surface area contributed by atoms with Crippen LogP contribution in [0.4, 0.5) is 22.7 Å². The highest BCUT2D eigenvalue weighted by Gasteiger charge is 2.25. The predicted octanol–water partition coefficient (Wildman–Crippen LogP) is 4.84. The lowest BCUT2D eigenvalue weighted by Crippen LogP contribution is -2.03. The normalized spacial score (nSPS) is 10.5. The van der Waals surface area contributed by atoms with Crippen molar-refractivity contribution >= 4 is 51.1 Å². The maximum absolute atomic E-state index is 11.6. The Morgan fingerprint density at radius 3 is 2.21 bits per heavy atom. The lowest BCUT2D eigenvalue weighted by atomic mass is 10.0. The third-order valence-electron chi connectivity index (χ3n) is 4.04. The largest absolute Gasteiger partial charge is 0.465 e. The molecule has 3 aromatic rings. The van der Waals surface area contributed by atoms with Crippen LogP contribution in [0.3, 0.4) is 0 Å². The second-order valence-corrected chi connectivity index (χ2v) is 6.07. The SMILES string of the molecule is COC(=O)c1ccc(Nc2c([N+](=O)[O-])cc([N+](=O)[O-])c3ccccc23)cc1Cl. The van der Waals surface area contributed by atoms with Gasteiger partial charge in [-0.05, 0) is 24.3 Å². The van der Waals surface area contributed by atoms with Crippen LogP contribution in [0.25, 0.3) is 10.8 Å². The number of methoxy groups -OCH3 is 1. The van der Waals surface area contributed by atoms with Crippen molar-refractivity contribution in [3.8, 4) is 0 Å². The number of nitrogens with zero attached hydrogens (tertiary/aromatic N) is 2. The Kier molecular flexibility index (Phi) is 5.10. The molecule has 3 rings (SSSR count). The van der Waals surface area contributed by atoms with Gasteiger partial charge in [0, 0.05) is 11.1 Å². The molecular weight excluding hydrogens is 390 g/mol. The number of nitro groups is 2. The van der Waals surface area contributed by atoms with Gasteiger partial charge in [0.2, 0.25) is 0 Å². The van der Waals surface area contributed by atoms with Crippen molar-refractivity contribution in [1.82, 2.24) is 0 Å². The lowest BCUT2D eigenvalue weighted by Gasteiger charge is -2.12. The number of non-ortho nitro benzene ring substituents is 1. The minimum absolute atomic E-state index is 0.0769. The summed E-state index contributed by atoms with van der Waals surface area (Å²) < 4.78 is 4.62. The molecule has 28 heavy (non-hydrogen) atoms. The molecule has 0 atom stereocenters. The summed E-state index contributed by atoms with van der Waals surface area (Å²) >= 11 is 6.09. The van der Waals surface area contributed by atoms with Gasteiger partial charge in [0.05, 0.1) is 39.0 Å². The van der Waals surface area contributed by atoms with Crippen LogP contribution in [-0.4, -0.2) is 22.9 Å². The first-order chi connectivity index (χ1) is 13.3. The second kappa shape index (κ2) is 7.49. The zero-order chi connectivity index (χ0) is 20.4. The molecule has 0 radical (unpaired) electrons. The molecule has 3 aromatic carbocycles. The van der Waals surface area contributed by atoms with E-state index in [1.54, 1.807) is 18.2 Å². The van der Waals surface area contributed by atoms with E-state index in [-0.39, 0.29) is 27.3 Å². The number of nitrogens with one attached hydrogen (secondary N) is 1. The summed E-state index contributed by atoms with van der Waals surface area (Å²) in [5.74, 6) is -0.622. The smallest absolute Gasteiger partial charge is 0.339 e. The fraction of sp³-hybridized carbons (Fsp3) is 0.0556. The average Bonchev–Trinajstić information content (AvgIpc) is 2.67. The molecule has 0 bridgehead atoms. The maximum atomic E-state index is 11.6. The number of hydrogen-bond donors (Lipinski definition) is 1. The molecule has 142 valence electrons. The molecule has 0 heterocycles. The molecule has 0 aliphatic carbocycles. The van der Waals surface area contributed by atoms with Crippen molar-refractivity contribution in [2.24, 2.45) is 0 Å². The molecule has 0 saturated carbocycles. The number of carbonyl (C=O) groups is 1. The van der Waals surface area contributed by atoms with Gasteiger partial charge in [-0.2, -0.15) is 0 Å². The van der Waals surface area contributed by atoms with Gasteiger partial charge in [0.15, 0.2) is 0 Å². The van der Waals surface area contributed by atoms with E-state index in [0.29, 0.717) is 11.1 Å². The molecule has 0 aromatic heterocycles. The summed E-state index contributed by atoms with van der Waals surface area (Å²) in [6.07, 6.45) is 0. The first kappa shape index (κ1) is 19.1. The summed E-state index contributed by atoms with van der Waals surface area (Å²) in [6, 6.07) is 11.5. The molecule has 0 amide bonds. The number of ether oxygens (including phenoxy) is 1. The highest BCUT2D eigenvalue weighted by Crippen LogP contribution is 2.41. The summed E-state index contributed by atoms with van der Waals surface area (Å²) in [5, 5.41) is 26.4. The Morgan fingerprint density at radius 2 is 1.64 bits per heavy atom. The lowest BCUT2D eigenvalue weighted by molar-refractivity contribution is -0.392. The number of benzene rings is 3. The zero-order valence-electron chi connectivity index (χ0n) is 14.3. The average molecular weight is 402 g/mol. The van der Waals surface area contributed by atoms with Crippen LogP contribution in [-0.2, 0) is 4.74 Å². The molecule has 0 aliphatic heterocycles. The van der Waals surface area contributed by atoms with Gasteiger partial charge >= 0.3 is 5.97 Å². The Balaban J connectivity index is 2.18. The third-order valence-corrected chi connectivity index (χ3v) is 4.35. The van der Waals surface area contributed by atoms with E-state index in [0.717, 1.165) is 6.07 Å². The van der Waals surface area contributed by atoms with E-state index < -0.39 is 21.5 Å². The van der Waals surface area contributed by atoms with Gasteiger partial charge in [-0.15, -0.1) is 0 Å². The Morgan fingerprint density at radius 1 is 1.00 bits per heavy atom. The summed E-state index contributed by atoms with van der Waals surface area (Å²) in [6.45, 7) is 0. The Hall–Kier alpha value is -3.72. The standard InChI is InChI=1S/C18H12ClN3O6/c1-28-18(23)13-7-6-10(8-14(13)19)20-17-12-5-3-2-4-11(12)15(21(24)25)9-16(17)22(26)27/h2-9,20H,1H3. The van der Waals surface area contributed by atoms with E-state index >= 15 is 0 Å². The highest BCUT2D eigenvalue weighted by molar-refractivity contribution is 6.33. The fourth-order valence-electron chi connectivity index (χ4n) is 2.78. The van der Waals surface area contributed by atoms with Gasteiger partial charge in [-0.3, -0.25) is 20.2 Å². The molecule has 0 saturated heterocycles. The van der Waals surface area contributed by atoms with Crippen LogP contribution in [0.1, 0.15) is 10.4 Å². The van der Waals surface area contributed by atoms with Crippen molar-refractivity contribution in [3.05, 3.63) is 79.3 Å². The summed E-state index contributed by atoms with van der Waals surface area (Å²) in [4.78, 5) is 33.1. The number of hydrogen-bond acceptors (Lipinski definition) is 7. The monoisotopic (exact) mass is 401 g/mol. The minimum Gasteiger partial charge on any atom is -0.465 e. The number of nitro benzene ring substituents is 2. The number of esters is 1. The van der Waals surface area contributed by atoms with Crippen LogP contribution in [0, 0.1) is 20.2 Å². The predicted molar refractivity (Wildman–Crippen MR) is 103 cm³/mol. The van der Waals surface area contributed by atoms with Gasteiger partial charge in [0.25, 0.3) is 11.4 Å². The maximum Gasteiger partial charge on any atom is 0.339 e. The van der Waals surface area contributed by atoms with Gasteiger partial charge in [-0.1, -0.05) is 29.8 Å². The van der Waals surface area contributed by atoms with Crippen LogP contribution in [0.2, 0.25) is 5.02 Å². The quantitative estimate of drug-likeness (QED) is 0.368. The van der Waals surface area contributed by atoms with Crippen LogP contribution in [0.15, 0.2) is 48.5 Å². The summed E-state index contributed by atoms with van der Waals surface area (Å²) in [7, 11) is 1.22. The van der Waals surface area contributed by atoms with Crippen molar-refractivity contribution in [2.45, 2.75) is 0 Å². The topological polar surface area (TPSA) is 125 Å². The Labute approximate surface area is 162 Å². The minimum atomic E-state index is -0.702. The molecule has 1 N–H and O–H groups in total. The third kappa shape index (κ3) is 3.42. The number of fused-ring (bicyclic) bond motifs is 1. The molecule has 0 spiro atoms. The molecule has 10 heteroatoms. The van der Waals surface area contributed by atoms with Crippen molar-refractivity contribution in [1.29, 1.82) is 0 Å². The van der Waals surface area contributed by atoms with Crippen LogP contribution < -0.4 is 5.32 Å². The molecular formula is C18H12ClN3O6. The van der Waals surface area contributed by atoms with Crippen molar-refractivity contribution < 1.29 is 19.4 Å². The van der Waals surface area contributed by atoms with Crippen LogP contribution >= 0.6 is 11.6 Å². The number of halogens is 1. The van der Waals surface area contributed by atoms with Crippen LogP contribution in [0.5, 0.6) is 0 Å². The fourth-order valence-corrected chi connectivity index (χ4v) is 3.04. The van der Waals surface area contributed by atoms with Crippen molar-refractivity contribution in [2.75, 3.05) is 12.4 Å². The van der Waals surface area contributed by atoms with Gasteiger partial charge in [0.1, 0.15) is 5.69 Å². The summed E-state index contributed by atoms with van der Waals surface area (Å²) in [5.41, 5.74) is -0.254. The van der Waals surface area contributed by atoms with E-state index in [2.05, 4.69) is 10.1 Å². The van der Waals surface area contributed by atoms with Gasteiger partial charge < -0.3 is 10.1 Å². The van der Waals surface area contributed by atoms with Crippen molar-refractivity contribution in [3.63, 3.8) is 0 Å². The molecule has 0 fully saturated rings. The van der Waals surface area contributed by atoms with E-state index in [1.807, 2.05) is 0 Å². The first-order valence-electron chi connectivity index (χ1n) is 7.83. The molecule has 0 unspecified atom stereocenters. The number of carbonyl (C=O) groups excluding carboxylic acids is 1. The number of anilines is 2. The second-order valence-electron chi connectivity index (χ2n) is 5.66. The first-order valence-corrected chi connectivity index (χ1v) is 8.20. The van der Waals surface area contributed by atoms with Gasteiger partial charge in [-0.25, -0.2) is 4.79 Å². The van der Waals surface area contributed by atoms with E-state index in [4.69, 9.17) is 11.6 Å². The highest BCUT2D eigenvalue weighted by atomic mass is 35.5.